The van der Waals surface area contributed by atoms with Crippen molar-refractivity contribution in [2.75, 3.05) is 6.54 Å². The van der Waals surface area contributed by atoms with Crippen LogP contribution in [0.15, 0.2) is 10.9 Å². The summed E-state index contributed by atoms with van der Waals surface area (Å²) in [5.74, 6) is 0. The van der Waals surface area contributed by atoms with E-state index in [1.165, 1.54) is 6.42 Å². The lowest BCUT2D eigenvalue weighted by molar-refractivity contribution is 0.469. The minimum Gasteiger partial charge on any atom is -0.314 e. The first-order chi connectivity index (χ1) is 9.04. The normalized spacial score (nSPS) is 12.6. The van der Waals surface area contributed by atoms with Gasteiger partial charge >= 0.3 is 5.69 Å². The predicted octanol–water partition coefficient (Wildman–Crippen LogP) is 2.42. The molecule has 0 aromatic carbocycles. The van der Waals surface area contributed by atoms with Crippen LogP contribution >= 0.6 is 0 Å². The van der Waals surface area contributed by atoms with Gasteiger partial charge in [-0.25, -0.2) is 4.79 Å². The highest BCUT2D eigenvalue weighted by Crippen LogP contribution is 2.04. The second-order valence-corrected chi connectivity index (χ2v) is 5.32. The van der Waals surface area contributed by atoms with Gasteiger partial charge in [0.1, 0.15) is 0 Å². The van der Waals surface area contributed by atoms with Crippen molar-refractivity contribution < 1.29 is 0 Å². The zero-order chi connectivity index (χ0) is 14.3. The van der Waals surface area contributed by atoms with Crippen molar-refractivity contribution in [3.63, 3.8) is 0 Å². The highest BCUT2D eigenvalue weighted by molar-refractivity contribution is 5.06. The summed E-state index contributed by atoms with van der Waals surface area (Å²) in [6, 6.07) is 2.53. The molecule has 1 heterocycles. The number of unbranched alkanes of at least 4 members (excludes halogenated alkanes) is 1. The maximum absolute atomic E-state index is 11.8. The summed E-state index contributed by atoms with van der Waals surface area (Å²) < 4.78 is 1.77. The van der Waals surface area contributed by atoms with Crippen molar-refractivity contribution in [3.8, 4) is 0 Å². The standard InChI is InChI=1S/C15H27N3O/c1-5-9-16-12(2)8-6-7-10-18-14(4)11-13(3)17-15(18)19/h11-12,16H,5-10H2,1-4H3. The number of nitrogens with one attached hydrogen (secondary N) is 1. The average Bonchev–Trinajstić information content (AvgIpc) is 2.34. The molecule has 0 aliphatic heterocycles. The molecular formula is C15H27N3O. The van der Waals surface area contributed by atoms with Gasteiger partial charge in [-0.2, -0.15) is 4.98 Å². The zero-order valence-electron chi connectivity index (χ0n) is 12.7. The molecule has 1 atom stereocenters. The van der Waals surface area contributed by atoms with Gasteiger partial charge in [-0.1, -0.05) is 13.3 Å². The fraction of sp³-hybridized carbons (Fsp3) is 0.733. The van der Waals surface area contributed by atoms with Gasteiger partial charge in [0, 0.05) is 24.0 Å². The van der Waals surface area contributed by atoms with Crippen LogP contribution in [0.3, 0.4) is 0 Å². The predicted molar refractivity (Wildman–Crippen MR) is 79.6 cm³/mol. The molecule has 1 rings (SSSR count). The smallest absolute Gasteiger partial charge is 0.314 e. The Labute approximate surface area is 116 Å². The Bertz CT molecular complexity index is 440. The van der Waals surface area contributed by atoms with E-state index in [-0.39, 0.29) is 5.69 Å². The third-order valence-corrected chi connectivity index (χ3v) is 3.36. The molecule has 0 amide bonds. The van der Waals surface area contributed by atoms with Gasteiger partial charge in [0.15, 0.2) is 0 Å². The summed E-state index contributed by atoms with van der Waals surface area (Å²) in [6.45, 7) is 10.1. The molecule has 0 aliphatic rings. The molecule has 4 nitrogen and oxygen atoms in total. The van der Waals surface area contributed by atoms with E-state index in [1.807, 2.05) is 19.9 Å². The van der Waals surface area contributed by atoms with Crippen LogP contribution < -0.4 is 11.0 Å². The molecule has 0 radical (unpaired) electrons. The number of rotatable bonds is 8. The number of hydrogen-bond donors (Lipinski definition) is 1. The molecule has 1 aromatic heterocycles. The Balaban J connectivity index is 2.36. The summed E-state index contributed by atoms with van der Waals surface area (Å²) in [5.41, 5.74) is 1.69. The van der Waals surface area contributed by atoms with Gasteiger partial charge in [-0.15, -0.1) is 0 Å². The van der Waals surface area contributed by atoms with Crippen LogP contribution in [-0.4, -0.2) is 22.1 Å². The molecule has 4 heteroatoms. The SMILES string of the molecule is CCCNC(C)CCCCn1c(C)cc(C)nc1=O. The van der Waals surface area contributed by atoms with Crippen LogP contribution in [0, 0.1) is 13.8 Å². The van der Waals surface area contributed by atoms with Crippen molar-refractivity contribution >= 4 is 0 Å². The highest BCUT2D eigenvalue weighted by Gasteiger charge is 2.04. The summed E-state index contributed by atoms with van der Waals surface area (Å²) in [6.07, 6.45) is 4.50. The molecule has 0 spiro atoms. The Morgan fingerprint density at radius 2 is 2.11 bits per heavy atom. The van der Waals surface area contributed by atoms with Crippen molar-refractivity contribution in [1.29, 1.82) is 0 Å². The third kappa shape index (κ3) is 5.55. The number of nitrogens with zero attached hydrogens (tertiary/aromatic N) is 2. The van der Waals surface area contributed by atoms with E-state index in [0.717, 1.165) is 43.7 Å². The molecule has 1 N–H and O–H groups in total. The third-order valence-electron chi connectivity index (χ3n) is 3.36. The number of aryl methyl sites for hydroxylation is 2. The van der Waals surface area contributed by atoms with Crippen LogP contribution in [0.1, 0.15) is 50.9 Å². The molecule has 0 saturated carbocycles. The molecule has 1 aromatic rings. The lowest BCUT2D eigenvalue weighted by Crippen LogP contribution is -2.27. The summed E-state index contributed by atoms with van der Waals surface area (Å²) in [4.78, 5) is 15.8. The topological polar surface area (TPSA) is 46.9 Å². The van der Waals surface area contributed by atoms with Crippen molar-refractivity contribution in [2.45, 2.75) is 66.0 Å². The van der Waals surface area contributed by atoms with Crippen LogP contribution in [0.4, 0.5) is 0 Å². The molecule has 0 aliphatic carbocycles. The lowest BCUT2D eigenvalue weighted by Gasteiger charge is -2.13. The number of hydrogen-bond acceptors (Lipinski definition) is 3. The second kappa shape index (κ2) is 8.10. The van der Waals surface area contributed by atoms with Crippen LogP contribution in [-0.2, 0) is 6.54 Å². The largest absolute Gasteiger partial charge is 0.347 e. The Kier molecular flexibility index (Phi) is 6.78. The first-order valence-electron chi connectivity index (χ1n) is 7.33. The van der Waals surface area contributed by atoms with Crippen LogP contribution in [0.5, 0.6) is 0 Å². The van der Waals surface area contributed by atoms with Gasteiger partial charge in [-0.3, -0.25) is 4.57 Å². The van der Waals surface area contributed by atoms with Crippen molar-refractivity contribution in [2.24, 2.45) is 0 Å². The lowest BCUT2D eigenvalue weighted by atomic mass is 10.1. The quantitative estimate of drug-likeness (QED) is 0.734. The van der Waals surface area contributed by atoms with Crippen molar-refractivity contribution in [1.82, 2.24) is 14.9 Å². The minimum atomic E-state index is -0.116. The minimum absolute atomic E-state index is 0.116. The highest BCUT2D eigenvalue weighted by atomic mass is 16.1. The van der Waals surface area contributed by atoms with Gasteiger partial charge < -0.3 is 5.32 Å². The molecule has 0 fully saturated rings. The van der Waals surface area contributed by atoms with Crippen LogP contribution in [0.25, 0.3) is 0 Å². The number of aromatic nitrogens is 2. The molecule has 1 unspecified atom stereocenters. The van der Waals surface area contributed by atoms with E-state index < -0.39 is 0 Å². The van der Waals surface area contributed by atoms with E-state index >= 15 is 0 Å². The molecule has 0 bridgehead atoms. The summed E-state index contributed by atoms with van der Waals surface area (Å²) in [5, 5.41) is 3.48. The zero-order valence-corrected chi connectivity index (χ0v) is 12.7. The maximum atomic E-state index is 11.8. The second-order valence-electron chi connectivity index (χ2n) is 5.32. The maximum Gasteiger partial charge on any atom is 0.347 e. The van der Waals surface area contributed by atoms with E-state index in [2.05, 4.69) is 24.1 Å². The van der Waals surface area contributed by atoms with Gasteiger partial charge in [-0.05, 0) is 52.6 Å². The molecule has 19 heavy (non-hydrogen) atoms. The summed E-state index contributed by atoms with van der Waals surface area (Å²) >= 11 is 0. The van der Waals surface area contributed by atoms with Gasteiger partial charge in [0.25, 0.3) is 0 Å². The Morgan fingerprint density at radius 3 is 2.74 bits per heavy atom. The fourth-order valence-electron chi connectivity index (χ4n) is 2.26. The van der Waals surface area contributed by atoms with Gasteiger partial charge in [0.05, 0.1) is 0 Å². The van der Waals surface area contributed by atoms with E-state index in [0.29, 0.717) is 6.04 Å². The molecular weight excluding hydrogens is 238 g/mol. The van der Waals surface area contributed by atoms with Gasteiger partial charge in [0.2, 0.25) is 0 Å². The van der Waals surface area contributed by atoms with E-state index in [9.17, 15) is 4.79 Å². The summed E-state index contributed by atoms with van der Waals surface area (Å²) in [7, 11) is 0. The van der Waals surface area contributed by atoms with Crippen molar-refractivity contribution in [3.05, 3.63) is 27.9 Å². The van der Waals surface area contributed by atoms with E-state index in [4.69, 9.17) is 0 Å². The molecule has 0 saturated heterocycles. The Hall–Kier alpha value is -1.16. The average molecular weight is 265 g/mol. The Morgan fingerprint density at radius 1 is 1.37 bits per heavy atom. The molecule has 108 valence electrons. The fourth-order valence-corrected chi connectivity index (χ4v) is 2.26. The van der Waals surface area contributed by atoms with E-state index in [1.54, 1.807) is 4.57 Å². The monoisotopic (exact) mass is 265 g/mol. The first-order valence-corrected chi connectivity index (χ1v) is 7.33. The van der Waals surface area contributed by atoms with Crippen LogP contribution in [0.2, 0.25) is 0 Å². The first kappa shape index (κ1) is 15.9.